The minimum absolute atomic E-state index is 0.0180. The average molecular weight is 506 g/mol. The van der Waals surface area contributed by atoms with Crippen molar-refractivity contribution in [2.45, 2.75) is 20.4 Å². The molecule has 0 spiro atoms. The lowest BCUT2D eigenvalue weighted by molar-refractivity contribution is -0.136. The number of hydrogen-bond acceptors (Lipinski definition) is 9. The lowest BCUT2D eigenvalue weighted by atomic mass is 10.3. The number of aromatic nitrogens is 1. The number of nitriles is 1. The maximum absolute atomic E-state index is 12.7. The molecule has 0 radical (unpaired) electrons. The highest BCUT2D eigenvalue weighted by Crippen LogP contribution is 2.13. The number of thiazole rings is 1. The molecule has 0 aliphatic carbocycles. The minimum atomic E-state index is -0.749. The first-order valence-electron chi connectivity index (χ1n) is 10.6. The van der Waals surface area contributed by atoms with Crippen LogP contribution in [0.25, 0.3) is 11.8 Å². The van der Waals surface area contributed by atoms with E-state index in [1.54, 1.807) is 20.0 Å². The van der Waals surface area contributed by atoms with E-state index in [1.807, 2.05) is 30.3 Å². The van der Waals surface area contributed by atoms with Crippen molar-refractivity contribution in [3.63, 3.8) is 0 Å². The fraction of sp³-hybridized carbons (Fsp3) is 0.364. The Labute approximate surface area is 206 Å². The fourth-order valence-corrected chi connectivity index (χ4v) is 4.05. The zero-order valence-corrected chi connectivity index (χ0v) is 20.6. The predicted molar refractivity (Wildman–Crippen MR) is 136 cm³/mol. The number of carbonyl (C=O) groups excluding carboxylic acids is 1. The van der Waals surface area contributed by atoms with Gasteiger partial charge in [-0.15, -0.1) is 11.3 Å². The number of ether oxygens (including phenoxy) is 2. The Kier molecular flexibility index (Phi) is 11.2. The highest BCUT2D eigenvalue weighted by molar-refractivity contribution is 7.80. The molecule has 34 heavy (non-hydrogen) atoms. The van der Waals surface area contributed by atoms with E-state index < -0.39 is 5.97 Å². The molecule has 0 saturated carbocycles. The Morgan fingerprint density at radius 2 is 1.97 bits per heavy atom. The summed E-state index contributed by atoms with van der Waals surface area (Å²) in [7, 11) is 0. The summed E-state index contributed by atoms with van der Waals surface area (Å²) in [5, 5.41) is 27.6. The van der Waals surface area contributed by atoms with Crippen molar-refractivity contribution in [1.29, 1.82) is 5.26 Å². The van der Waals surface area contributed by atoms with Gasteiger partial charge in [-0.2, -0.15) is 5.26 Å². The maximum Gasteiger partial charge on any atom is 0.351 e. The van der Waals surface area contributed by atoms with Gasteiger partial charge in [0.05, 0.1) is 26.4 Å². The summed E-state index contributed by atoms with van der Waals surface area (Å²) >= 11 is 6.28. The van der Waals surface area contributed by atoms with Gasteiger partial charge in [0.2, 0.25) is 0 Å². The van der Waals surface area contributed by atoms with Crippen LogP contribution in [0.2, 0.25) is 0 Å². The SMILES string of the molecule is CCOC(=O)/C(C#N)=c1/s/c(=C/Nc2ccc(NC(=S)NCCOCCO)cc2)c(=O)n1CC. The van der Waals surface area contributed by atoms with Crippen molar-refractivity contribution in [3.8, 4) is 6.07 Å². The zero-order chi connectivity index (χ0) is 24.9. The summed E-state index contributed by atoms with van der Waals surface area (Å²) < 4.78 is 12.1. The molecule has 10 nitrogen and oxygen atoms in total. The van der Waals surface area contributed by atoms with Gasteiger partial charge >= 0.3 is 5.97 Å². The van der Waals surface area contributed by atoms with Gasteiger partial charge in [0, 0.05) is 30.7 Å². The van der Waals surface area contributed by atoms with Crippen molar-refractivity contribution >= 4 is 57.8 Å². The number of nitrogens with one attached hydrogen (secondary N) is 3. The van der Waals surface area contributed by atoms with Gasteiger partial charge in [0.1, 0.15) is 15.3 Å². The van der Waals surface area contributed by atoms with E-state index in [2.05, 4.69) is 16.0 Å². The van der Waals surface area contributed by atoms with E-state index in [0.29, 0.717) is 29.3 Å². The zero-order valence-electron chi connectivity index (χ0n) is 18.9. The Hall–Kier alpha value is -3.24. The second kappa shape index (κ2) is 14.1. The molecule has 0 saturated heterocycles. The van der Waals surface area contributed by atoms with Gasteiger partial charge in [0.25, 0.3) is 5.56 Å². The first-order valence-corrected chi connectivity index (χ1v) is 11.8. The van der Waals surface area contributed by atoms with E-state index in [1.165, 1.54) is 4.57 Å². The normalized spacial score (nSPS) is 12.0. The number of benzene rings is 1. The molecule has 12 heteroatoms. The number of nitrogens with zero attached hydrogens (tertiary/aromatic N) is 2. The van der Waals surface area contributed by atoms with Crippen LogP contribution in [0.4, 0.5) is 11.4 Å². The maximum atomic E-state index is 12.7. The highest BCUT2D eigenvalue weighted by Gasteiger charge is 2.16. The Morgan fingerprint density at radius 1 is 1.26 bits per heavy atom. The monoisotopic (exact) mass is 505 g/mol. The molecule has 2 rings (SSSR count). The number of hydrogen-bond donors (Lipinski definition) is 4. The quantitative estimate of drug-likeness (QED) is 0.192. The molecule has 0 aliphatic rings. The first-order chi connectivity index (χ1) is 16.4. The van der Waals surface area contributed by atoms with Gasteiger partial charge in [-0.05, 0) is 50.3 Å². The van der Waals surface area contributed by atoms with Crippen molar-refractivity contribution < 1.29 is 19.4 Å². The summed E-state index contributed by atoms with van der Waals surface area (Å²) in [4.78, 5) is 24.8. The second-order valence-electron chi connectivity index (χ2n) is 6.61. The number of aliphatic hydroxyl groups is 1. The molecule has 1 aromatic carbocycles. The molecule has 0 fully saturated rings. The van der Waals surface area contributed by atoms with E-state index in [-0.39, 0.29) is 35.6 Å². The fourth-order valence-electron chi connectivity index (χ4n) is 2.75. The number of rotatable bonds is 11. The Bertz CT molecular complexity index is 1200. The predicted octanol–water partition coefficient (Wildman–Crippen LogP) is 0.312. The highest BCUT2D eigenvalue weighted by atomic mass is 32.1. The first kappa shape index (κ1) is 27.0. The number of esters is 1. The summed E-state index contributed by atoms with van der Waals surface area (Å²) in [6.07, 6.45) is 1.55. The summed E-state index contributed by atoms with van der Waals surface area (Å²) in [5.41, 5.74) is 1.01. The third-order valence-corrected chi connectivity index (χ3v) is 5.69. The van der Waals surface area contributed by atoms with E-state index in [0.717, 1.165) is 22.7 Å². The van der Waals surface area contributed by atoms with Gasteiger partial charge in [-0.1, -0.05) is 0 Å². The van der Waals surface area contributed by atoms with Crippen molar-refractivity contribution in [2.24, 2.45) is 0 Å². The van der Waals surface area contributed by atoms with Crippen LogP contribution in [0.3, 0.4) is 0 Å². The molecule has 0 bridgehead atoms. The van der Waals surface area contributed by atoms with Crippen LogP contribution >= 0.6 is 23.6 Å². The number of anilines is 2. The van der Waals surface area contributed by atoms with Crippen molar-refractivity contribution in [3.05, 3.63) is 43.8 Å². The molecule has 2 aromatic rings. The van der Waals surface area contributed by atoms with Crippen LogP contribution in [-0.2, 0) is 20.8 Å². The van der Waals surface area contributed by atoms with Crippen LogP contribution in [0.5, 0.6) is 0 Å². The van der Waals surface area contributed by atoms with Gasteiger partial charge in [-0.3, -0.25) is 9.36 Å². The number of carbonyl (C=O) groups is 1. The van der Waals surface area contributed by atoms with E-state index >= 15 is 0 Å². The van der Waals surface area contributed by atoms with Gasteiger partial charge < -0.3 is 30.5 Å². The van der Waals surface area contributed by atoms with E-state index in [9.17, 15) is 14.9 Å². The molecule has 1 aromatic heterocycles. The lowest BCUT2D eigenvalue weighted by Gasteiger charge is -2.11. The molecule has 182 valence electrons. The summed E-state index contributed by atoms with van der Waals surface area (Å²) in [5.74, 6) is -0.749. The summed E-state index contributed by atoms with van der Waals surface area (Å²) in [6.45, 7) is 5.08. The van der Waals surface area contributed by atoms with Crippen LogP contribution in [0, 0.1) is 11.3 Å². The Morgan fingerprint density at radius 3 is 2.59 bits per heavy atom. The molecule has 4 N–H and O–H groups in total. The third-order valence-electron chi connectivity index (χ3n) is 4.31. The van der Waals surface area contributed by atoms with Crippen LogP contribution in [0.1, 0.15) is 13.8 Å². The second-order valence-corrected chi connectivity index (χ2v) is 8.05. The molecule has 0 amide bonds. The Balaban J connectivity index is 2.12. The minimum Gasteiger partial charge on any atom is -0.462 e. The van der Waals surface area contributed by atoms with Gasteiger partial charge in [-0.25, -0.2) is 4.79 Å². The van der Waals surface area contributed by atoms with E-state index in [4.69, 9.17) is 26.8 Å². The summed E-state index contributed by atoms with van der Waals surface area (Å²) in [6, 6.07) is 9.11. The standard InChI is InChI=1S/C22H27N5O5S2/c1-3-27-19(29)18(34-20(27)17(13-23)21(30)32-4-2)14-25-15-5-7-16(8-6-15)26-22(33)24-9-11-31-12-10-28/h5-8,14,25,28H,3-4,9-12H2,1-2H3,(H2,24,26,33)/b18-14+,20-17+. The van der Waals surface area contributed by atoms with Crippen LogP contribution < -0.4 is 30.7 Å². The average Bonchev–Trinajstić information content (AvgIpc) is 3.14. The molecule has 0 aliphatic heterocycles. The lowest BCUT2D eigenvalue weighted by Crippen LogP contribution is -2.32. The molecular formula is C22H27N5O5S2. The third kappa shape index (κ3) is 7.67. The number of thiocarbonyl (C=S) groups is 1. The largest absolute Gasteiger partial charge is 0.462 e. The molecule has 0 atom stereocenters. The van der Waals surface area contributed by atoms with Gasteiger partial charge in [0.15, 0.2) is 10.7 Å². The molecule has 1 heterocycles. The van der Waals surface area contributed by atoms with Crippen molar-refractivity contribution in [1.82, 2.24) is 9.88 Å². The smallest absolute Gasteiger partial charge is 0.351 e. The molecule has 0 unspecified atom stereocenters. The van der Waals surface area contributed by atoms with Crippen molar-refractivity contribution in [2.75, 3.05) is 43.6 Å². The number of aliphatic hydroxyl groups excluding tert-OH is 1. The molecular weight excluding hydrogens is 478 g/mol. The van der Waals surface area contributed by atoms with Crippen LogP contribution in [0.15, 0.2) is 29.1 Å². The van der Waals surface area contributed by atoms with Crippen LogP contribution in [-0.4, -0.2) is 53.7 Å². The topological polar surface area (TPSA) is 138 Å².